The number of primary amides is 1. The van der Waals surface area contributed by atoms with E-state index >= 15 is 0 Å². The maximum absolute atomic E-state index is 12.8. The van der Waals surface area contributed by atoms with Gasteiger partial charge in [0.1, 0.15) is 0 Å². The van der Waals surface area contributed by atoms with Crippen LogP contribution in [0.2, 0.25) is 0 Å². The summed E-state index contributed by atoms with van der Waals surface area (Å²) in [5.41, 5.74) is 8.51. The van der Waals surface area contributed by atoms with Gasteiger partial charge in [-0.15, -0.1) is 0 Å². The summed E-state index contributed by atoms with van der Waals surface area (Å²) in [4.78, 5) is 35.2. The Bertz CT molecular complexity index is 1050. The van der Waals surface area contributed by atoms with E-state index < -0.39 is 0 Å². The van der Waals surface area contributed by atoms with Crippen molar-refractivity contribution in [2.75, 3.05) is 18.4 Å². The summed E-state index contributed by atoms with van der Waals surface area (Å²) >= 11 is 0. The van der Waals surface area contributed by atoms with Gasteiger partial charge in [-0.2, -0.15) is 0 Å². The lowest BCUT2D eigenvalue weighted by Gasteiger charge is -2.31. The molecule has 7 heteroatoms. The third-order valence-electron chi connectivity index (χ3n) is 5.51. The van der Waals surface area contributed by atoms with Gasteiger partial charge in [0, 0.05) is 36.7 Å². The fourth-order valence-electron chi connectivity index (χ4n) is 3.83. The number of carbonyl (C=O) groups excluding carboxylic acids is 2. The van der Waals surface area contributed by atoms with Crippen molar-refractivity contribution in [3.05, 3.63) is 78.1 Å². The van der Waals surface area contributed by atoms with E-state index in [4.69, 9.17) is 5.73 Å². The molecule has 0 saturated carbocycles. The number of carbonyl (C=O) groups is 2. The molecular formula is C24H25N5O2. The smallest absolute Gasteiger partial charge is 0.258 e. The van der Waals surface area contributed by atoms with Crippen LogP contribution >= 0.6 is 0 Å². The molecule has 1 aliphatic rings. The van der Waals surface area contributed by atoms with E-state index in [0.717, 1.165) is 36.2 Å². The van der Waals surface area contributed by atoms with E-state index in [1.807, 2.05) is 54.6 Å². The monoisotopic (exact) mass is 415 g/mol. The average molecular weight is 415 g/mol. The second-order valence-corrected chi connectivity index (χ2v) is 7.75. The molecule has 0 radical (unpaired) electrons. The molecule has 1 fully saturated rings. The second-order valence-electron chi connectivity index (χ2n) is 7.75. The number of likely N-dealkylation sites (tertiary alicyclic amines) is 1. The lowest BCUT2D eigenvalue weighted by molar-refractivity contribution is -0.123. The summed E-state index contributed by atoms with van der Waals surface area (Å²) in [6.45, 7) is 2.19. The number of hydrogen-bond donors (Lipinski definition) is 2. The van der Waals surface area contributed by atoms with Gasteiger partial charge in [-0.1, -0.05) is 48.5 Å². The molecule has 2 amide bonds. The van der Waals surface area contributed by atoms with Gasteiger partial charge in [0.2, 0.25) is 5.91 Å². The lowest BCUT2D eigenvalue weighted by Crippen LogP contribution is -2.40. The zero-order valence-corrected chi connectivity index (χ0v) is 17.2. The Hall–Kier alpha value is -3.58. The highest BCUT2D eigenvalue weighted by Gasteiger charge is 2.24. The first kappa shape index (κ1) is 20.7. The highest BCUT2D eigenvalue weighted by molar-refractivity contribution is 6.04. The number of nitrogens with one attached hydrogen (secondary N) is 1. The van der Waals surface area contributed by atoms with Gasteiger partial charge < -0.3 is 11.1 Å². The normalized spacial score (nSPS) is 16.6. The molecule has 1 unspecified atom stereocenters. The topological polar surface area (TPSA) is 101 Å². The van der Waals surface area contributed by atoms with Crippen LogP contribution in [-0.2, 0) is 11.3 Å². The first-order chi connectivity index (χ1) is 15.1. The van der Waals surface area contributed by atoms with Gasteiger partial charge in [0.15, 0.2) is 5.82 Å². The van der Waals surface area contributed by atoms with E-state index in [1.165, 1.54) is 12.4 Å². The Morgan fingerprint density at radius 3 is 2.48 bits per heavy atom. The van der Waals surface area contributed by atoms with Crippen molar-refractivity contribution < 1.29 is 9.59 Å². The Morgan fingerprint density at radius 2 is 1.74 bits per heavy atom. The molecule has 3 N–H and O–H groups in total. The largest absolute Gasteiger partial charge is 0.369 e. The molecule has 1 aromatic heterocycles. The lowest BCUT2D eigenvalue weighted by atomic mass is 9.97. The van der Waals surface area contributed by atoms with Gasteiger partial charge in [0.25, 0.3) is 5.91 Å². The van der Waals surface area contributed by atoms with Crippen LogP contribution in [-0.4, -0.2) is 39.8 Å². The number of anilines is 1. The fourth-order valence-corrected chi connectivity index (χ4v) is 3.83. The minimum Gasteiger partial charge on any atom is -0.369 e. The minimum atomic E-state index is -0.263. The molecule has 0 bridgehead atoms. The van der Waals surface area contributed by atoms with Crippen molar-refractivity contribution in [2.45, 2.75) is 19.4 Å². The summed E-state index contributed by atoms with van der Waals surface area (Å²) in [7, 11) is 0. The zero-order chi connectivity index (χ0) is 21.6. The number of nitrogens with zero attached hydrogens (tertiary/aromatic N) is 3. The molecular weight excluding hydrogens is 390 g/mol. The number of rotatable bonds is 6. The van der Waals surface area contributed by atoms with Crippen LogP contribution in [0.1, 0.15) is 28.8 Å². The number of nitrogens with two attached hydrogens (primary N) is 1. The van der Waals surface area contributed by atoms with Gasteiger partial charge in [0.05, 0.1) is 11.5 Å². The van der Waals surface area contributed by atoms with Crippen LogP contribution in [0.4, 0.5) is 5.69 Å². The first-order valence-electron chi connectivity index (χ1n) is 10.4. The van der Waals surface area contributed by atoms with Crippen LogP contribution < -0.4 is 11.1 Å². The van der Waals surface area contributed by atoms with Gasteiger partial charge in [-0.25, -0.2) is 9.97 Å². The molecule has 2 heterocycles. The van der Waals surface area contributed by atoms with Crippen molar-refractivity contribution in [3.63, 3.8) is 0 Å². The van der Waals surface area contributed by atoms with Crippen LogP contribution in [0.3, 0.4) is 0 Å². The Labute approximate surface area is 181 Å². The van der Waals surface area contributed by atoms with Gasteiger partial charge in [-0.05, 0) is 31.0 Å². The molecule has 3 aromatic rings. The maximum Gasteiger partial charge on any atom is 0.258 e. The Balaban J connectivity index is 1.45. The standard InChI is InChI=1S/C24H25N5O2/c25-22(30)19-10-6-12-29(16-19)15-18-9-4-5-11-21(18)28-24(31)20-13-26-23(27-14-20)17-7-2-1-3-8-17/h1-5,7-9,11,13-14,19H,6,10,12,15-16H2,(H2,25,30)(H,28,31). The van der Waals surface area contributed by atoms with Crippen LogP contribution in [0.5, 0.6) is 0 Å². The number of benzene rings is 2. The van der Waals surface area contributed by atoms with Crippen molar-refractivity contribution in [1.82, 2.24) is 14.9 Å². The number of para-hydroxylation sites is 1. The number of amides is 2. The molecule has 158 valence electrons. The molecule has 31 heavy (non-hydrogen) atoms. The predicted molar refractivity (Wildman–Crippen MR) is 119 cm³/mol. The number of aromatic nitrogens is 2. The molecule has 1 saturated heterocycles. The van der Waals surface area contributed by atoms with Crippen LogP contribution in [0.25, 0.3) is 11.4 Å². The van der Waals surface area contributed by atoms with Crippen LogP contribution in [0.15, 0.2) is 67.0 Å². The van der Waals surface area contributed by atoms with Crippen molar-refractivity contribution in [2.24, 2.45) is 11.7 Å². The minimum absolute atomic E-state index is 0.115. The molecule has 0 aliphatic carbocycles. The highest BCUT2D eigenvalue weighted by Crippen LogP contribution is 2.23. The molecule has 0 spiro atoms. The molecule has 4 rings (SSSR count). The molecule has 1 aliphatic heterocycles. The zero-order valence-electron chi connectivity index (χ0n) is 17.2. The molecule has 2 aromatic carbocycles. The first-order valence-corrected chi connectivity index (χ1v) is 10.4. The van der Waals surface area contributed by atoms with E-state index in [9.17, 15) is 9.59 Å². The summed E-state index contributed by atoms with van der Waals surface area (Å²) in [6.07, 6.45) is 4.85. The predicted octanol–water partition coefficient (Wildman–Crippen LogP) is 3.09. The number of piperidine rings is 1. The third kappa shape index (κ3) is 5.13. The van der Waals surface area contributed by atoms with E-state index in [-0.39, 0.29) is 17.7 Å². The number of hydrogen-bond acceptors (Lipinski definition) is 5. The summed E-state index contributed by atoms with van der Waals surface area (Å²) in [6, 6.07) is 17.3. The van der Waals surface area contributed by atoms with Crippen molar-refractivity contribution in [1.29, 1.82) is 0 Å². The van der Waals surface area contributed by atoms with Crippen molar-refractivity contribution in [3.8, 4) is 11.4 Å². The third-order valence-corrected chi connectivity index (χ3v) is 5.51. The quantitative estimate of drug-likeness (QED) is 0.644. The maximum atomic E-state index is 12.8. The van der Waals surface area contributed by atoms with E-state index in [1.54, 1.807) is 0 Å². The van der Waals surface area contributed by atoms with Gasteiger partial charge >= 0.3 is 0 Å². The Morgan fingerprint density at radius 1 is 1.03 bits per heavy atom. The summed E-state index contributed by atoms with van der Waals surface area (Å²) < 4.78 is 0. The van der Waals surface area contributed by atoms with Crippen LogP contribution in [0, 0.1) is 5.92 Å². The molecule has 7 nitrogen and oxygen atoms in total. The molecule has 1 atom stereocenters. The summed E-state index contributed by atoms with van der Waals surface area (Å²) in [5, 5.41) is 2.97. The van der Waals surface area contributed by atoms with Gasteiger partial charge in [-0.3, -0.25) is 14.5 Å². The van der Waals surface area contributed by atoms with E-state index in [0.29, 0.717) is 24.5 Å². The fraction of sp³-hybridized carbons (Fsp3) is 0.250. The van der Waals surface area contributed by atoms with Crippen molar-refractivity contribution >= 4 is 17.5 Å². The SMILES string of the molecule is NC(=O)C1CCCN(Cc2ccccc2NC(=O)c2cnc(-c3ccccc3)nc2)C1. The Kier molecular flexibility index (Phi) is 6.33. The summed E-state index contributed by atoms with van der Waals surface area (Å²) in [5.74, 6) is -0.0478. The highest BCUT2D eigenvalue weighted by atomic mass is 16.2. The van der Waals surface area contributed by atoms with E-state index in [2.05, 4.69) is 20.2 Å². The second kappa shape index (κ2) is 9.49. The average Bonchev–Trinajstić information content (AvgIpc) is 2.81.